The highest BCUT2D eigenvalue weighted by Gasteiger charge is 2.53. The van der Waals surface area contributed by atoms with Crippen molar-refractivity contribution in [1.29, 1.82) is 0 Å². The number of carbonyl (C=O) groups is 1. The topological polar surface area (TPSA) is 401 Å². The maximum atomic E-state index is 13.7. The van der Waals surface area contributed by atoms with Gasteiger partial charge in [0.15, 0.2) is 12.1 Å². The Labute approximate surface area is 567 Å². The van der Waals surface area contributed by atoms with Crippen LogP contribution in [0.2, 0.25) is 0 Å². The number of aliphatic hydroxyl groups excluding tert-OH is 16. The SMILES string of the molecule is CCCCCCC1C=C(C)C(O)CC(O)CCCC(O)C(C)C(O)CC=CC=C(C)C(O)C(C)C2CC(OC3OC(C)C(O)C(N(C)C)C3O)C(C)C(O)(CC(=O)OC(C)C=CC(O)CC(O)CCCC(O)C(C)C(O)CCC(C)C(O)CC(O)CC(O)CCC(O)C1O)O2. The molecule has 0 radical (unpaired) electrons. The zero-order valence-electron chi connectivity index (χ0n) is 59.3. The number of allylic oxidation sites excluding steroid dienone is 2. The van der Waals surface area contributed by atoms with E-state index in [2.05, 4.69) is 6.92 Å². The Kier molecular flexibility index (Phi) is 39.7. The molecule has 0 aromatic rings. The molecule has 2 bridgehead atoms. The molecule has 0 aliphatic carbocycles. The first-order valence-electron chi connectivity index (χ1n) is 35.7. The minimum absolute atomic E-state index is 0.0123. The number of rotatable bonds is 8. The quantitative estimate of drug-likeness (QED) is 0.0917. The van der Waals surface area contributed by atoms with E-state index in [-0.39, 0.29) is 89.4 Å². The summed E-state index contributed by atoms with van der Waals surface area (Å²) in [4.78, 5) is 15.4. The molecule has 0 spiro atoms. The lowest BCUT2D eigenvalue weighted by atomic mass is 9.80. The molecule has 17 N–H and O–H groups in total. The minimum atomic E-state index is -2.26. The standard InChI is InChI=1S/C72H131NO22/c1-13-14-15-16-22-50-34-43(4)62(85)37-52(75)24-20-27-57(80)45(6)56(79)25-18-17-21-42(3)67(87)47(8)63-39-64(94-71-70(90)66(73(11)12)68(88)49(10)93-71)48(9)72(91,95-63)40-65(86)92-44(5)29-30-53(76)35-51(74)23-19-26-58(81)46(7)59(82)32-28-41(2)61(84)38-55(78)36-54(77)31-33-60(83)69(50)89/h17-18,21,29-30,34,41,44-64,66-71,74-85,87-91H,13-16,19-20,22-28,31-33,35-40H2,1-12H3. The molecule has 2 fully saturated rings. The number of hydrogen-bond acceptors (Lipinski definition) is 23. The van der Waals surface area contributed by atoms with E-state index in [1.807, 2.05) is 0 Å². The first-order valence-corrected chi connectivity index (χ1v) is 35.7. The molecule has 3 rings (SSSR count). The summed E-state index contributed by atoms with van der Waals surface area (Å²) in [6, 6.07) is -0.781. The summed E-state index contributed by atoms with van der Waals surface area (Å²) in [6.07, 6.45) is -6.51. The molecule has 95 heavy (non-hydrogen) atoms. The second kappa shape index (κ2) is 43.4. The van der Waals surface area contributed by atoms with Gasteiger partial charge in [-0.2, -0.15) is 0 Å². The van der Waals surface area contributed by atoms with Crippen molar-refractivity contribution in [1.82, 2.24) is 4.90 Å². The number of hydrogen-bond donors (Lipinski definition) is 17. The molecular formula is C72H131NO22. The van der Waals surface area contributed by atoms with Gasteiger partial charge in [-0.05, 0) is 155 Å². The van der Waals surface area contributed by atoms with Crippen LogP contribution in [0.4, 0.5) is 0 Å². The van der Waals surface area contributed by atoms with Crippen molar-refractivity contribution < 1.29 is 111 Å². The zero-order valence-corrected chi connectivity index (χ0v) is 59.3. The van der Waals surface area contributed by atoms with Crippen LogP contribution in [-0.4, -0.2) is 252 Å². The summed E-state index contributed by atoms with van der Waals surface area (Å²) >= 11 is 0. The van der Waals surface area contributed by atoms with E-state index in [1.54, 1.807) is 106 Å². The van der Waals surface area contributed by atoms with Crippen molar-refractivity contribution >= 4 is 5.97 Å². The fourth-order valence-electron chi connectivity index (χ4n) is 13.5. The number of fused-ring (bicyclic) bond motifs is 2. The van der Waals surface area contributed by atoms with Crippen molar-refractivity contribution in [2.75, 3.05) is 14.1 Å². The Morgan fingerprint density at radius 3 is 1.80 bits per heavy atom. The lowest BCUT2D eigenvalue weighted by molar-refractivity contribution is -0.351. The molecule has 29 atom stereocenters. The number of nitrogens with zero attached hydrogens (tertiary/aromatic N) is 1. The van der Waals surface area contributed by atoms with Gasteiger partial charge in [0.25, 0.3) is 0 Å². The van der Waals surface area contributed by atoms with Crippen molar-refractivity contribution in [3.05, 3.63) is 47.6 Å². The van der Waals surface area contributed by atoms with Gasteiger partial charge in [-0.25, -0.2) is 0 Å². The third kappa shape index (κ3) is 29.6. The molecule has 3 aliphatic heterocycles. The fraction of sp³-hybridized carbons (Fsp3) is 0.875. The van der Waals surface area contributed by atoms with E-state index < -0.39 is 182 Å². The Balaban J connectivity index is 1.85. The molecule has 23 heteroatoms. The van der Waals surface area contributed by atoms with Crippen LogP contribution >= 0.6 is 0 Å². The van der Waals surface area contributed by atoms with E-state index in [1.165, 1.54) is 12.2 Å². The average molecular weight is 1360 g/mol. The summed E-state index contributed by atoms with van der Waals surface area (Å²) in [7, 11) is 3.40. The monoisotopic (exact) mass is 1360 g/mol. The number of unbranched alkanes of at least 4 members (excludes halogenated alkanes) is 3. The van der Waals surface area contributed by atoms with Gasteiger partial charge < -0.3 is 111 Å². The normalized spacial score (nSPS) is 42.9. The largest absolute Gasteiger partial charge is 0.458 e. The maximum Gasteiger partial charge on any atom is 0.311 e. The summed E-state index contributed by atoms with van der Waals surface area (Å²) in [6.45, 7) is 17.2. The van der Waals surface area contributed by atoms with Crippen LogP contribution in [0.15, 0.2) is 47.6 Å². The summed E-state index contributed by atoms with van der Waals surface area (Å²) < 4.78 is 24.5. The Morgan fingerprint density at radius 1 is 0.589 bits per heavy atom. The number of likely N-dealkylation sites (N-methyl/N-ethyl adjacent to an activating group) is 1. The molecule has 2 saturated heterocycles. The van der Waals surface area contributed by atoms with Crippen molar-refractivity contribution in [3.63, 3.8) is 0 Å². The van der Waals surface area contributed by atoms with Gasteiger partial charge in [0, 0.05) is 48.9 Å². The Morgan fingerprint density at radius 2 is 1.18 bits per heavy atom. The van der Waals surface area contributed by atoms with Crippen LogP contribution < -0.4 is 0 Å². The molecule has 0 saturated carbocycles. The zero-order chi connectivity index (χ0) is 71.6. The van der Waals surface area contributed by atoms with E-state index in [9.17, 15) is 91.6 Å². The van der Waals surface area contributed by atoms with E-state index in [4.69, 9.17) is 18.9 Å². The molecule has 3 heterocycles. The van der Waals surface area contributed by atoms with Crippen LogP contribution in [-0.2, 0) is 23.7 Å². The third-order valence-corrected chi connectivity index (χ3v) is 20.7. The molecule has 0 amide bonds. The van der Waals surface area contributed by atoms with Gasteiger partial charge in [0.05, 0.1) is 122 Å². The average Bonchev–Trinajstić information content (AvgIpc) is 0.770. The van der Waals surface area contributed by atoms with Gasteiger partial charge >= 0.3 is 5.97 Å². The number of carbonyl (C=O) groups excluding carboxylic acids is 1. The first kappa shape index (κ1) is 86.8. The van der Waals surface area contributed by atoms with Gasteiger partial charge in [0.2, 0.25) is 0 Å². The Bertz CT molecular complexity index is 2240. The number of ether oxygens (including phenoxy) is 4. The lowest BCUT2D eigenvalue weighted by Gasteiger charge is -2.50. The molecular weight excluding hydrogens is 1230 g/mol. The fourth-order valence-corrected chi connectivity index (χ4v) is 13.5. The maximum absolute atomic E-state index is 13.7. The third-order valence-electron chi connectivity index (χ3n) is 20.7. The van der Waals surface area contributed by atoms with E-state index >= 15 is 0 Å². The molecule has 556 valence electrons. The second-order valence-electron chi connectivity index (χ2n) is 29.2. The van der Waals surface area contributed by atoms with Gasteiger partial charge in [0.1, 0.15) is 12.2 Å². The van der Waals surface area contributed by atoms with Crippen LogP contribution in [0.5, 0.6) is 0 Å². The highest BCUT2D eigenvalue weighted by molar-refractivity contribution is 5.71. The Hall–Kier alpha value is -2.41. The summed E-state index contributed by atoms with van der Waals surface area (Å²) in [5, 5.41) is 190. The highest BCUT2D eigenvalue weighted by Crippen LogP contribution is 2.42. The molecule has 23 nitrogen and oxygen atoms in total. The number of cyclic esters (lactones) is 1. The molecule has 29 unspecified atom stereocenters. The molecule has 0 aromatic heterocycles. The van der Waals surface area contributed by atoms with E-state index in [0.717, 1.165) is 25.7 Å². The predicted molar refractivity (Wildman–Crippen MR) is 361 cm³/mol. The number of aliphatic hydroxyl groups is 17. The first-order chi connectivity index (χ1) is 44.5. The molecule has 3 aliphatic rings. The van der Waals surface area contributed by atoms with Crippen molar-refractivity contribution in [2.24, 2.45) is 35.5 Å². The van der Waals surface area contributed by atoms with Crippen LogP contribution in [0.25, 0.3) is 0 Å². The van der Waals surface area contributed by atoms with Crippen LogP contribution in [0.1, 0.15) is 210 Å². The van der Waals surface area contributed by atoms with Gasteiger partial charge in [-0.3, -0.25) is 4.79 Å². The predicted octanol–water partition coefficient (Wildman–Crippen LogP) is 4.26. The minimum Gasteiger partial charge on any atom is -0.458 e. The van der Waals surface area contributed by atoms with Crippen molar-refractivity contribution in [3.8, 4) is 0 Å². The second-order valence-corrected chi connectivity index (χ2v) is 29.2. The van der Waals surface area contributed by atoms with Gasteiger partial charge in [-0.1, -0.05) is 97.6 Å². The summed E-state index contributed by atoms with van der Waals surface area (Å²) in [5.41, 5.74) is 1.00. The molecule has 0 aromatic carbocycles. The van der Waals surface area contributed by atoms with Crippen LogP contribution in [0.3, 0.4) is 0 Å². The smallest absolute Gasteiger partial charge is 0.311 e. The number of esters is 1. The van der Waals surface area contributed by atoms with E-state index in [0.29, 0.717) is 36.8 Å². The van der Waals surface area contributed by atoms with Crippen molar-refractivity contribution in [2.45, 2.75) is 351 Å². The lowest BCUT2D eigenvalue weighted by Crippen LogP contribution is -2.64. The highest BCUT2D eigenvalue weighted by atomic mass is 16.7. The van der Waals surface area contributed by atoms with Crippen LogP contribution in [0, 0.1) is 35.5 Å². The summed E-state index contributed by atoms with van der Waals surface area (Å²) in [5.74, 6) is -6.87. The van der Waals surface area contributed by atoms with Gasteiger partial charge in [-0.15, -0.1) is 0 Å².